The minimum atomic E-state index is -0.185. The van der Waals surface area contributed by atoms with E-state index in [9.17, 15) is 4.79 Å². The zero-order valence-electron chi connectivity index (χ0n) is 15.4. The lowest BCUT2D eigenvalue weighted by atomic mass is 9.98. The summed E-state index contributed by atoms with van der Waals surface area (Å²) in [6.07, 6.45) is 4.50. The van der Waals surface area contributed by atoms with Crippen LogP contribution >= 0.6 is 11.3 Å². The number of nitrogens with zero attached hydrogens (tertiary/aromatic N) is 4. The fourth-order valence-corrected chi connectivity index (χ4v) is 3.59. The van der Waals surface area contributed by atoms with Crippen molar-refractivity contribution in [2.45, 2.75) is 19.9 Å². The molecule has 0 saturated heterocycles. The fourth-order valence-electron chi connectivity index (χ4n) is 2.92. The minimum absolute atomic E-state index is 0.185. The van der Waals surface area contributed by atoms with Crippen LogP contribution in [0.25, 0.3) is 11.1 Å². The smallest absolute Gasteiger partial charge is 0.258 e. The molecule has 1 N–H and O–H groups in total. The summed E-state index contributed by atoms with van der Waals surface area (Å²) < 4.78 is 1.88. The number of hydrogen-bond acceptors (Lipinski definition) is 5. The van der Waals surface area contributed by atoms with Gasteiger partial charge < -0.3 is 0 Å². The summed E-state index contributed by atoms with van der Waals surface area (Å²) in [7, 11) is 0. The predicted molar refractivity (Wildman–Crippen MR) is 110 cm³/mol. The van der Waals surface area contributed by atoms with Gasteiger partial charge in [-0.1, -0.05) is 60.7 Å². The van der Waals surface area contributed by atoms with Crippen LogP contribution in [0.5, 0.6) is 0 Å². The number of aryl methyl sites for hydroxylation is 1. The largest absolute Gasteiger partial charge is 0.296 e. The molecular weight excluding hydrogens is 370 g/mol. The SMILES string of the molecule is CCc1nnc(NC(=O)c2ccccc2-c2ccc(Cn3cccn3)cc2)s1. The van der Waals surface area contributed by atoms with Crippen molar-refractivity contribution in [3.8, 4) is 11.1 Å². The van der Waals surface area contributed by atoms with Crippen LogP contribution in [-0.2, 0) is 13.0 Å². The molecule has 0 bridgehead atoms. The molecule has 4 aromatic rings. The summed E-state index contributed by atoms with van der Waals surface area (Å²) in [5.41, 5.74) is 3.62. The number of nitrogens with one attached hydrogen (secondary N) is 1. The van der Waals surface area contributed by atoms with Crippen molar-refractivity contribution in [3.05, 3.63) is 83.1 Å². The van der Waals surface area contributed by atoms with Gasteiger partial charge in [-0.3, -0.25) is 14.8 Å². The van der Waals surface area contributed by atoms with Crippen molar-refractivity contribution in [1.29, 1.82) is 0 Å². The highest BCUT2D eigenvalue weighted by Crippen LogP contribution is 2.26. The number of amides is 1. The van der Waals surface area contributed by atoms with Gasteiger partial charge in [0.2, 0.25) is 5.13 Å². The monoisotopic (exact) mass is 389 g/mol. The van der Waals surface area contributed by atoms with E-state index in [0.29, 0.717) is 17.2 Å². The van der Waals surface area contributed by atoms with Gasteiger partial charge >= 0.3 is 0 Å². The highest BCUT2D eigenvalue weighted by Gasteiger charge is 2.14. The van der Waals surface area contributed by atoms with Crippen molar-refractivity contribution >= 4 is 22.4 Å². The molecule has 0 spiro atoms. The predicted octanol–water partition coefficient (Wildman–Crippen LogP) is 4.26. The Labute approximate surface area is 166 Å². The third-order valence-electron chi connectivity index (χ3n) is 4.33. The number of benzene rings is 2. The van der Waals surface area contributed by atoms with Crippen LogP contribution in [0.2, 0.25) is 0 Å². The van der Waals surface area contributed by atoms with Crippen LogP contribution in [0.15, 0.2) is 67.0 Å². The molecular formula is C21H19N5OS. The van der Waals surface area contributed by atoms with Gasteiger partial charge in [0.1, 0.15) is 5.01 Å². The van der Waals surface area contributed by atoms with Crippen LogP contribution in [0.1, 0.15) is 27.9 Å². The van der Waals surface area contributed by atoms with E-state index in [4.69, 9.17) is 0 Å². The Hall–Kier alpha value is -3.32. The van der Waals surface area contributed by atoms with Crippen LogP contribution in [0.4, 0.5) is 5.13 Å². The highest BCUT2D eigenvalue weighted by atomic mass is 32.1. The lowest BCUT2D eigenvalue weighted by Crippen LogP contribution is -2.13. The zero-order valence-corrected chi connectivity index (χ0v) is 16.2. The summed E-state index contributed by atoms with van der Waals surface area (Å²) in [5, 5.41) is 16.6. The third-order valence-corrected chi connectivity index (χ3v) is 5.31. The molecule has 0 unspecified atom stereocenters. The molecule has 140 valence electrons. The van der Waals surface area contributed by atoms with E-state index >= 15 is 0 Å². The van der Waals surface area contributed by atoms with E-state index in [1.54, 1.807) is 6.20 Å². The molecule has 6 nitrogen and oxygen atoms in total. The molecule has 0 fully saturated rings. The van der Waals surface area contributed by atoms with Crippen LogP contribution in [0, 0.1) is 0 Å². The first-order valence-corrected chi connectivity index (χ1v) is 9.84. The second-order valence-electron chi connectivity index (χ2n) is 6.25. The van der Waals surface area contributed by atoms with Crippen molar-refractivity contribution in [2.24, 2.45) is 0 Å². The summed E-state index contributed by atoms with van der Waals surface area (Å²) >= 11 is 1.40. The maximum atomic E-state index is 12.8. The molecule has 0 saturated carbocycles. The van der Waals surface area contributed by atoms with Gasteiger partial charge in [0.25, 0.3) is 5.91 Å². The summed E-state index contributed by atoms with van der Waals surface area (Å²) in [6.45, 7) is 2.73. The Balaban J connectivity index is 1.56. The van der Waals surface area contributed by atoms with Gasteiger partial charge in [-0.05, 0) is 35.2 Å². The molecule has 2 aromatic carbocycles. The highest BCUT2D eigenvalue weighted by molar-refractivity contribution is 7.15. The molecule has 0 aliphatic heterocycles. The topological polar surface area (TPSA) is 72.7 Å². The van der Waals surface area contributed by atoms with Crippen molar-refractivity contribution in [1.82, 2.24) is 20.0 Å². The van der Waals surface area contributed by atoms with Crippen LogP contribution in [-0.4, -0.2) is 25.9 Å². The number of rotatable bonds is 6. The molecule has 0 aliphatic rings. The zero-order chi connectivity index (χ0) is 19.3. The second kappa shape index (κ2) is 8.14. The van der Waals surface area contributed by atoms with E-state index in [0.717, 1.165) is 28.1 Å². The summed E-state index contributed by atoms with van der Waals surface area (Å²) in [6, 6.07) is 17.7. The van der Waals surface area contributed by atoms with Gasteiger partial charge in [-0.15, -0.1) is 10.2 Å². The van der Waals surface area contributed by atoms with Crippen LogP contribution in [0.3, 0.4) is 0 Å². The first kappa shape index (κ1) is 18.1. The normalized spacial score (nSPS) is 10.8. The number of carbonyl (C=O) groups excluding carboxylic acids is 1. The average Bonchev–Trinajstić information content (AvgIpc) is 3.40. The Bertz CT molecular complexity index is 1070. The lowest BCUT2D eigenvalue weighted by molar-refractivity contribution is 0.102. The third kappa shape index (κ3) is 3.99. The Morgan fingerprint density at radius 2 is 1.89 bits per heavy atom. The molecule has 0 aliphatic carbocycles. The molecule has 1 amide bonds. The Morgan fingerprint density at radius 1 is 1.07 bits per heavy atom. The van der Waals surface area contributed by atoms with Crippen molar-refractivity contribution in [2.75, 3.05) is 5.32 Å². The average molecular weight is 389 g/mol. The van der Waals surface area contributed by atoms with Gasteiger partial charge in [-0.2, -0.15) is 5.10 Å². The van der Waals surface area contributed by atoms with Crippen molar-refractivity contribution in [3.63, 3.8) is 0 Å². The summed E-state index contributed by atoms with van der Waals surface area (Å²) in [5.74, 6) is -0.185. The Kier molecular flexibility index (Phi) is 5.25. The number of aromatic nitrogens is 4. The maximum Gasteiger partial charge on any atom is 0.258 e. The minimum Gasteiger partial charge on any atom is -0.296 e. The van der Waals surface area contributed by atoms with Gasteiger partial charge in [0.15, 0.2) is 0 Å². The van der Waals surface area contributed by atoms with E-state index in [1.807, 2.05) is 60.3 Å². The standard InChI is InChI=1S/C21H19N5OS/c1-2-19-24-25-21(28-19)23-20(27)18-7-4-3-6-17(18)16-10-8-15(9-11-16)14-26-13-5-12-22-26/h3-13H,2,14H2,1H3,(H,23,25,27). The number of anilines is 1. The molecule has 28 heavy (non-hydrogen) atoms. The quantitative estimate of drug-likeness (QED) is 0.535. The van der Waals surface area contributed by atoms with Gasteiger partial charge in [-0.25, -0.2) is 0 Å². The van der Waals surface area contributed by atoms with E-state index in [2.05, 4.69) is 32.7 Å². The van der Waals surface area contributed by atoms with E-state index in [1.165, 1.54) is 11.3 Å². The van der Waals surface area contributed by atoms with Crippen molar-refractivity contribution < 1.29 is 4.79 Å². The molecule has 2 aromatic heterocycles. The molecule has 2 heterocycles. The first-order valence-electron chi connectivity index (χ1n) is 9.02. The Morgan fingerprint density at radius 3 is 2.61 bits per heavy atom. The molecule has 0 radical (unpaired) electrons. The number of hydrogen-bond donors (Lipinski definition) is 1. The fraction of sp³-hybridized carbons (Fsp3) is 0.143. The first-order chi connectivity index (χ1) is 13.7. The maximum absolute atomic E-state index is 12.8. The molecule has 7 heteroatoms. The van der Waals surface area contributed by atoms with Gasteiger partial charge in [0, 0.05) is 18.0 Å². The summed E-state index contributed by atoms with van der Waals surface area (Å²) in [4.78, 5) is 12.8. The van der Waals surface area contributed by atoms with Crippen LogP contribution < -0.4 is 5.32 Å². The second-order valence-corrected chi connectivity index (χ2v) is 7.32. The van der Waals surface area contributed by atoms with E-state index < -0.39 is 0 Å². The molecule has 0 atom stereocenters. The molecule has 4 rings (SSSR count). The van der Waals surface area contributed by atoms with Gasteiger partial charge in [0.05, 0.1) is 6.54 Å². The lowest BCUT2D eigenvalue weighted by Gasteiger charge is -2.10. The number of carbonyl (C=O) groups is 1. The van der Waals surface area contributed by atoms with E-state index in [-0.39, 0.29) is 5.91 Å².